The second-order valence-electron chi connectivity index (χ2n) is 13.3. The molecule has 0 saturated heterocycles. The van der Waals surface area contributed by atoms with Crippen molar-refractivity contribution in [3.8, 4) is 16.9 Å². The molecule has 8 bridgehead atoms. The van der Waals surface area contributed by atoms with Crippen molar-refractivity contribution in [3.63, 3.8) is 0 Å². The highest BCUT2D eigenvalue weighted by atomic mass is 35.5. The average Bonchev–Trinajstić information content (AvgIpc) is 3.80. The number of aryl methyl sites for hydroxylation is 5. The Morgan fingerprint density at radius 3 is 2.75 bits per heavy atom. The highest BCUT2D eigenvalue weighted by Gasteiger charge is 2.30. The molecular formula is C36H40ClN7O3S. The number of benzene rings is 2. The van der Waals surface area contributed by atoms with E-state index in [1.165, 1.54) is 16.2 Å². The minimum atomic E-state index is -0.945. The number of hydrogen-bond acceptors (Lipinski definition) is 7. The first-order chi connectivity index (χ1) is 23.3. The van der Waals surface area contributed by atoms with Gasteiger partial charge in [-0.2, -0.15) is 10.2 Å². The van der Waals surface area contributed by atoms with Crippen molar-refractivity contribution in [2.24, 2.45) is 14.1 Å². The molecule has 0 amide bonds. The van der Waals surface area contributed by atoms with Crippen LogP contribution in [0.1, 0.15) is 63.7 Å². The molecule has 0 spiro atoms. The minimum Gasteiger partial charge on any atom is -0.491 e. The maximum absolute atomic E-state index is 12.8. The van der Waals surface area contributed by atoms with Crippen LogP contribution in [0.3, 0.4) is 0 Å². The summed E-state index contributed by atoms with van der Waals surface area (Å²) in [5.41, 5.74) is 10.5. The van der Waals surface area contributed by atoms with E-state index in [0.29, 0.717) is 43.3 Å². The van der Waals surface area contributed by atoms with Crippen molar-refractivity contribution in [1.82, 2.24) is 29.0 Å². The van der Waals surface area contributed by atoms with Gasteiger partial charge in [0.2, 0.25) is 0 Å². The van der Waals surface area contributed by atoms with Gasteiger partial charge in [-0.15, -0.1) is 11.8 Å². The van der Waals surface area contributed by atoms with Gasteiger partial charge in [0, 0.05) is 78.8 Å². The third-order valence-electron chi connectivity index (χ3n) is 9.95. The van der Waals surface area contributed by atoms with Gasteiger partial charge in [-0.3, -0.25) is 14.3 Å². The zero-order valence-corrected chi connectivity index (χ0v) is 29.2. The summed E-state index contributed by atoms with van der Waals surface area (Å²) >= 11 is 8.89. The Bertz CT molecular complexity index is 2080. The van der Waals surface area contributed by atoms with E-state index < -0.39 is 5.97 Å². The Morgan fingerprint density at radius 1 is 1.02 bits per heavy atom. The Balaban J connectivity index is 1.26. The van der Waals surface area contributed by atoms with E-state index >= 15 is 0 Å². The summed E-state index contributed by atoms with van der Waals surface area (Å²) in [6, 6.07) is 10.5. The first-order valence-corrected chi connectivity index (χ1v) is 18.1. The summed E-state index contributed by atoms with van der Waals surface area (Å²) in [6.45, 7) is 3.53. The Labute approximate surface area is 289 Å². The van der Waals surface area contributed by atoms with Gasteiger partial charge in [-0.05, 0) is 81.0 Å². The largest absolute Gasteiger partial charge is 0.491 e. The molecule has 3 aromatic heterocycles. The summed E-state index contributed by atoms with van der Waals surface area (Å²) in [5.74, 6) is 0.716. The van der Waals surface area contributed by atoms with E-state index in [0.717, 1.165) is 101 Å². The lowest BCUT2D eigenvalue weighted by Gasteiger charge is -2.22. The smallest absolute Gasteiger partial charge is 0.352 e. The van der Waals surface area contributed by atoms with Crippen molar-refractivity contribution in [1.29, 1.82) is 0 Å². The number of nitrogens with one attached hydrogen (secondary N) is 1. The molecule has 0 radical (unpaired) electrons. The Hall–Kier alpha value is -3.93. The molecule has 6 heterocycles. The average molecular weight is 686 g/mol. The monoisotopic (exact) mass is 685 g/mol. The lowest BCUT2D eigenvalue weighted by molar-refractivity contribution is 0.0685. The van der Waals surface area contributed by atoms with Crippen LogP contribution in [0.4, 0.5) is 5.69 Å². The van der Waals surface area contributed by atoms with Gasteiger partial charge in [0.15, 0.2) is 0 Å². The van der Waals surface area contributed by atoms with Gasteiger partial charge in [0.25, 0.3) is 0 Å². The number of thioether (sulfide) groups is 1. The van der Waals surface area contributed by atoms with E-state index in [9.17, 15) is 9.90 Å². The number of carboxylic acids is 1. The predicted molar refractivity (Wildman–Crippen MR) is 189 cm³/mol. The van der Waals surface area contributed by atoms with Crippen LogP contribution < -0.4 is 10.1 Å². The second kappa shape index (κ2) is 12.5. The number of hydrogen-bond donors (Lipinski definition) is 2. The van der Waals surface area contributed by atoms with E-state index in [1.807, 2.05) is 35.5 Å². The number of ether oxygens (including phenoxy) is 1. The summed E-state index contributed by atoms with van der Waals surface area (Å²) in [7, 11) is 5.96. The van der Waals surface area contributed by atoms with Gasteiger partial charge >= 0.3 is 5.97 Å². The molecule has 0 unspecified atom stereocenters. The molecule has 0 saturated carbocycles. The highest BCUT2D eigenvalue weighted by molar-refractivity contribution is 7.98. The number of aromatic nitrogens is 5. The van der Waals surface area contributed by atoms with E-state index in [1.54, 1.807) is 11.8 Å². The second-order valence-corrected chi connectivity index (χ2v) is 14.7. The quantitative estimate of drug-likeness (QED) is 0.202. The lowest BCUT2D eigenvalue weighted by Crippen LogP contribution is -2.19. The summed E-state index contributed by atoms with van der Waals surface area (Å²) < 4.78 is 12.4. The van der Waals surface area contributed by atoms with Gasteiger partial charge in [-0.25, -0.2) is 4.79 Å². The first-order valence-electron chi connectivity index (χ1n) is 16.8. The summed E-state index contributed by atoms with van der Waals surface area (Å²) in [4.78, 5) is 16.3. The fourth-order valence-electron chi connectivity index (χ4n) is 7.84. The molecule has 10 nitrogen and oxygen atoms in total. The fourth-order valence-corrected chi connectivity index (χ4v) is 9.09. The Kier molecular flexibility index (Phi) is 8.17. The molecule has 0 aliphatic carbocycles. The number of nitrogens with zero attached hydrogens (tertiary/aromatic N) is 6. The molecule has 5 aromatic rings. The molecule has 2 N–H and O–H groups in total. The third-order valence-corrected chi connectivity index (χ3v) is 11.3. The van der Waals surface area contributed by atoms with Gasteiger partial charge in [0.1, 0.15) is 11.4 Å². The van der Waals surface area contributed by atoms with Crippen molar-refractivity contribution in [2.45, 2.75) is 68.8 Å². The van der Waals surface area contributed by atoms with E-state index in [-0.39, 0.29) is 0 Å². The summed E-state index contributed by atoms with van der Waals surface area (Å²) in [6.07, 6.45) is 5.26. The minimum absolute atomic E-state index is 0.293. The molecule has 8 rings (SSSR count). The van der Waals surface area contributed by atoms with Crippen LogP contribution in [0.25, 0.3) is 22.0 Å². The SMILES string of the molecule is CN1Cc2cc(n(C)n2)CSc2cc3c(c(c2)OCCCc2c(C(=O)O)n(C)c4c(c(Cl)ccc24)-c2c(nn4c2CCC4)C1)NCCC3. The number of carbonyl (C=O) groups is 1. The van der Waals surface area contributed by atoms with Gasteiger partial charge in [-0.1, -0.05) is 17.7 Å². The first kappa shape index (κ1) is 31.3. The van der Waals surface area contributed by atoms with Crippen LogP contribution in [0, 0.1) is 0 Å². The third kappa shape index (κ3) is 5.45. The number of carboxylic acid groups (broad SMARTS) is 1. The highest BCUT2D eigenvalue weighted by Crippen LogP contribution is 2.44. The van der Waals surface area contributed by atoms with Crippen molar-refractivity contribution < 1.29 is 14.6 Å². The lowest BCUT2D eigenvalue weighted by atomic mass is 9.97. The van der Waals surface area contributed by atoms with Crippen molar-refractivity contribution >= 4 is 45.9 Å². The van der Waals surface area contributed by atoms with E-state index in [4.69, 9.17) is 26.5 Å². The molecular weight excluding hydrogens is 646 g/mol. The Morgan fingerprint density at radius 2 is 1.90 bits per heavy atom. The number of fused-ring (bicyclic) bond motifs is 10. The maximum Gasteiger partial charge on any atom is 0.352 e. The predicted octanol–water partition coefficient (Wildman–Crippen LogP) is 6.68. The van der Waals surface area contributed by atoms with Crippen LogP contribution in [0.2, 0.25) is 5.02 Å². The topological polar surface area (TPSA) is 102 Å². The van der Waals surface area contributed by atoms with Crippen LogP contribution in [-0.2, 0) is 58.7 Å². The molecule has 3 aliphatic heterocycles. The fraction of sp³-hybridized carbons (Fsp3) is 0.417. The van der Waals surface area contributed by atoms with Gasteiger partial charge in [0.05, 0.1) is 34.2 Å². The molecule has 250 valence electrons. The number of rotatable bonds is 1. The summed E-state index contributed by atoms with van der Waals surface area (Å²) in [5, 5.41) is 25.6. The maximum atomic E-state index is 12.8. The molecule has 0 fully saturated rings. The van der Waals surface area contributed by atoms with Crippen LogP contribution in [0.5, 0.6) is 5.75 Å². The van der Waals surface area contributed by atoms with Crippen molar-refractivity contribution in [3.05, 3.63) is 75.0 Å². The molecule has 0 atom stereocenters. The molecule has 12 heteroatoms. The number of aromatic carboxylic acids is 1. The van der Waals surface area contributed by atoms with Crippen LogP contribution >= 0.6 is 23.4 Å². The van der Waals surface area contributed by atoms with Crippen molar-refractivity contribution in [2.75, 3.05) is 25.5 Å². The molecule has 2 aromatic carbocycles. The van der Waals surface area contributed by atoms with Crippen LogP contribution in [0.15, 0.2) is 35.2 Å². The normalized spacial score (nSPS) is 16.9. The number of anilines is 1. The zero-order chi connectivity index (χ0) is 33.1. The number of halogens is 1. The molecule has 3 aliphatic rings. The van der Waals surface area contributed by atoms with E-state index in [2.05, 4.69) is 40.1 Å². The standard InChI is InChI=1S/C36H40ClN7O3S/c1-41-18-22-16-23(43(3)39-22)20-48-24-15-21-7-4-12-38-33(21)30(17-24)47-14-6-8-25-26-10-11-27(37)31(34(26)42(2)35(25)36(45)46)32-28(19-41)40-44-13-5-9-29(32)44/h10-11,15-17,38H,4-9,12-14,18-20H2,1-3H3,(H,45,46). The van der Waals surface area contributed by atoms with Crippen LogP contribution in [-0.4, -0.2) is 60.3 Å². The zero-order valence-electron chi connectivity index (χ0n) is 27.6. The molecule has 48 heavy (non-hydrogen) atoms. The van der Waals surface area contributed by atoms with Gasteiger partial charge < -0.3 is 19.7 Å².